The summed E-state index contributed by atoms with van der Waals surface area (Å²) in [6.07, 6.45) is 1.82. The Labute approximate surface area is 173 Å². The highest BCUT2D eigenvalue weighted by molar-refractivity contribution is 7.22. The summed E-state index contributed by atoms with van der Waals surface area (Å²) < 4.78 is 14.0. The van der Waals surface area contributed by atoms with Crippen molar-refractivity contribution in [1.29, 1.82) is 0 Å². The molecule has 0 saturated carbocycles. The van der Waals surface area contributed by atoms with Gasteiger partial charge in [-0.1, -0.05) is 49.4 Å². The maximum absolute atomic E-state index is 13.0. The number of hydrogen-bond acceptors (Lipinski definition) is 5. The first-order chi connectivity index (χ1) is 14.0. The van der Waals surface area contributed by atoms with Crippen LogP contribution in [-0.4, -0.2) is 16.5 Å². The van der Waals surface area contributed by atoms with E-state index in [0.29, 0.717) is 5.56 Å². The quantitative estimate of drug-likeness (QED) is 0.431. The van der Waals surface area contributed by atoms with Gasteiger partial charge in [-0.25, -0.2) is 14.4 Å². The number of aromatic nitrogens is 2. The topological polar surface area (TPSA) is 41.1 Å². The number of alkyl halides is 1. The zero-order chi connectivity index (χ0) is 20.0. The van der Waals surface area contributed by atoms with E-state index in [-0.39, 0.29) is 5.41 Å². The molecule has 0 atom stereocenters. The lowest BCUT2D eigenvalue weighted by Crippen LogP contribution is -2.26. The maximum atomic E-state index is 13.0. The minimum Gasteiger partial charge on any atom is -0.328 e. The number of rotatable bonds is 4. The molecular formula is C23H21FN4S. The fraction of sp³-hybridized carbons (Fsp3) is 0.217. The number of halogens is 1. The molecule has 146 valence electrons. The summed E-state index contributed by atoms with van der Waals surface area (Å²) in [6.45, 7) is 4.90. The smallest absolute Gasteiger partial charge is 0.188 e. The standard InChI is InChI=1S/C23H21FN4S/c1-23(2)14-28(19-8-4-3-6-16(19)23)21-17(7-5-11-25-21)26-22-27-18-12-15(13-24)9-10-20(18)29-22/h3-12H,13-14H2,1-2H3,(H,26,27). The molecule has 1 aliphatic rings. The predicted molar refractivity (Wildman–Crippen MR) is 118 cm³/mol. The van der Waals surface area contributed by atoms with Crippen LogP contribution in [0.1, 0.15) is 25.0 Å². The van der Waals surface area contributed by atoms with Gasteiger partial charge < -0.3 is 10.2 Å². The molecule has 1 aliphatic heterocycles. The second-order valence-electron chi connectivity index (χ2n) is 7.94. The van der Waals surface area contributed by atoms with Crippen molar-refractivity contribution in [3.8, 4) is 0 Å². The van der Waals surface area contributed by atoms with Gasteiger partial charge in [0.15, 0.2) is 10.9 Å². The van der Waals surface area contributed by atoms with E-state index < -0.39 is 6.67 Å². The molecule has 2 aromatic heterocycles. The first kappa shape index (κ1) is 18.1. The fourth-order valence-corrected chi connectivity index (χ4v) is 4.83. The van der Waals surface area contributed by atoms with Gasteiger partial charge in [0.2, 0.25) is 0 Å². The number of anilines is 4. The van der Waals surface area contributed by atoms with E-state index in [0.717, 1.165) is 33.4 Å². The van der Waals surface area contributed by atoms with Crippen molar-refractivity contribution in [2.45, 2.75) is 25.9 Å². The molecule has 0 amide bonds. The van der Waals surface area contributed by atoms with E-state index in [1.54, 1.807) is 17.4 Å². The van der Waals surface area contributed by atoms with E-state index in [9.17, 15) is 4.39 Å². The van der Waals surface area contributed by atoms with Gasteiger partial charge in [-0.3, -0.25) is 0 Å². The third-order valence-electron chi connectivity index (χ3n) is 5.37. The molecule has 4 aromatic rings. The molecule has 3 heterocycles. The van der Waals surface area contributed by atoms with Gasteiger partial charge in [-0.15, -0.1) is 0 Å². The van der Waals surface area contributed by atoms with E-state index in [2.05, 4.69) is 53.3 Å². The van der Waals surface area contributed by atoms with Crippen molar-refractivity contribution < 1.29 is 4.39 Å². The minimum absolute atomic E-state index is 0.0456. The van der Waals surface area contributed by atoms with Crippen molar-refractivity contribution in [1.82, 2.24) is 9.97 Å². The summed E-state index contributed by atoms with van der Waals surface area (Å²) in [5.74, 6) is 0.884. The number of hydrogen-bond donors (Lipinski definition) is 1. The lowest BCUT2D eigenvalue weighted by molar-refractivity contribution is 0.485. The first-order valence-electron chi connectivity index (χ1n) is 9.60. The number of fused-ring (bicyclic) bond motifs is 2. The van der Waals surface area contributed by atoms with Crippen LogP contribution in [0.15, 0.2) is 60.8 Å². The Morgan fingerprint density at radius 3 is 2.86 bits per heavy atom. The van der Waals surface area contributed by atoms with E-state index in [4.69, 9.17) is 4.98 Å². The second kappa shape index (κ2) is 6.81. The van der Waals surface area contributed by atoms with Crippen molar-refractivity contribution in [2.75, 3.05) is 16.8 Å². The molecule has 0 radical (unpaired) electrons. The second-order valence-corrected chi connectivity index (χ2v) is 8.97. The number of nitrogens with zero attached hydrogens (tertiary/aromatic N) is 3. The highest BCUT2D eigenvalue weighted by Crippen LogP contribution is 2.45. The van der Waals surface area contributed by atoms with Gasteiger partial charge >= 0.3 is 0 Å². The van der Waals surface area contributed by atoms with Gasteiger partial charge in [0.25, 0.3) is 0 Å². The lowest BCUT2D eigenvalue weighted by Gasteiger charge is -2.23. The Bertz CT molecular complexity index is 1200. The molecule has 0 spiro atoms. The number of nitrogens with one attached hydrogen (secondary N) is 1. The predicted octanol–water partition coefficient (Wildman–Crippen LogP) is 6.33. The van der Waals surface area contributed by atoms with Crippen LogP contribution in [-0.2, 0) is 12.1 Å². The molecule has 0 saturated heterocycles. The number of thiazole rings is 1. The Kier molecular flexibility index (Phi) is 4.24. The van der Waals surface area contributed by atoms with E-state index in [1.807, 2.05) is 30.5 Å². The molecular weight excluding hydrogens is 383 g/mol. The van der Waals surface area contributed by atoms with Gasteiger partial charge in [0.1, 0.15) is 6.67 Å². The molecule has 0 bridgehead atoms. The third kappa shape index (κ3) is 3.13. The zero-order valence-electron chi connectivity index (χ0n) is 16.3. The monoisotopic (exact) mass is 404 g/mol. The fourth-order valence-electron chi connectivity index (χ4n) is 3.97. The highest BCUT2D eigenvalue weighted by atomic mass is 32.1. The third-order valence-corrected chi connectivity index (χ3v) is 6.32. The SMILES string of the molecule is CC1(C)CN(c2ncccc2Nc2nc3cc(CF)ccc3s2)c2ccccc21. The van der Waals surface area contributed by atoms with Crippen LogP contribution in [0.2, 0.25) is 0 Å². The summed E-state index contributed by atoms with van der Waals surface area (Å²) in [6, 6.07) is 18.0. The van der Waals surface area contributed by atoms with Crippen molar-refractivity contribution in [3.05, 3.63) is 71.9 Å². The number of pyridine rings is 1. The summed E-state index contributed by atoms with van der Waals surface area (Å²) in [5, 5.41) is 4.22. The first-order valence-corrected chi connectivity index (χ1v) is 10.4. The molecule has 4 nitrogen and oxygen atoms in total. The lowest BCUT2D eigenvalue weighted by atomic mass is 9.87. The van der Waals surface area contributed by atoms with Crippen molar-refractivity contribution in [2.24, 2.45) is 0 Å². The number of benzene rings is 2. The van der Waals surface area contributed by atoms with E-state index in [1.165, 1.54) is 11.3 Å². The molecule has 5 rings (SSSR count). The summed E-state index contributed by atoms with van der Waals surface area (Å²) in [5.41, 5.74) is 4.93. The van der Waals surface area contributed by atoms with Crippen LogP contribution in [0.25, 0.3) is 10.2 Å². The Morgan fingerprint density at radius 2 is 2.00 bits per heavy atom. The molecule has 6 heteroatoms. The van der Waals surface area contributed by atoms with Crippen LogP contribution in [0.3, 0.4) is 0 Å². The molecule has 1 N–H and O–H groups in total. The Morgan fingerprint density at radius 1 is 1.14 bits per heavy atom. The summed E-state index contributed by atoms with van der Waals surface area (Å²) in [4.78, 5) is 11.6. The zero-order valence-corrected chi connectivity index (χ0v) is 17.1. The summed E-state index contributed by atoms with van der Waals surface area (Å²) in [7, 11) is 0. The van der Waals surface area contributed by atoms with Crippen LogP contribution in [0.5, 0.6) is 0 Å². The van der Waals surface area contributed by atoms with Crippen LogP contribution in [0, 0.1) is 0 Å². The number of para-hydroxylation sites is 1. The Balaban J connectivity index is 1.53. The average Bonchev–Trinajstić information content (AvgIpc) is 3.25. The molecule has 0 unspecified atom stereocenters. The Hall–Kier alpha value is -2.99. The van der Waals surface area contributed by atoms with Gasteiger partial charge in [-0.05, 0) is 41.5 Å². The van der Waals surface area contributed by atoms with Crippen LogP contribution < -0.4 is 10.2 Å². The molecule has 0 aliphatic carbocycles. The van der Waals surface area contributed by atoms with Crippen molar-refractivity contribution >= 4 is 43.9 Å². The van der Waals surface area contributed by atoms with E-state index >= 15 is 0 Å². The molecule has 0 fully saturated rings. The highest BCUT2D eigenvalue weighted by Gasteiger charge is 2.36. The van der Waals surface area contributed by atoms with Crippen LogP contribution in [0.4, 0.5) is 26.7 Å². The summed E-state index contributed by atoms with van der Waals surface area (Å²) >= 11 is 1.56. The van der Waals surface area contributed by atoms with Gasteiger partial charge in [-0.2, -0.15) is 0 Å². The van der Waals surface area contributed by atoms with Gasteiger partial charge in [0.05, 0.1) is 15.9 Å². The van der Waals surface area contributed by atoms with Gasteiger partial charge in [0, 0.05) is 23.8 Å². The van der Waals surface area contributed by atoms with Crippen LogP contribution >= 0.6 is 11.3 Å². The normalized spacial score (nSPS) is 14.9. The minimum atomic E-state index is -0.479. The maximum Gasteiger partial charge on any atom is 0.188 e. The van der Waals surface area contributed by atoms with Crippen molar-refractivity contribution in [3.63, 3.8) is 0 Å². The molecule has 29 heavy (non-hydrogen) atoms. The average molecular weight is 405 g/mol. The molecule has 2 aromatic carbocycles. The largest absolute Gasteiger partial charge is 0.328 e.